The maximum Gasteiger partial charge on any atom is 0.410 e. The predicted octanol–water partition coefficient (Wildman–Crippen LogP) is 4.43. The van der Waals surface area contributed by atoms with E-state index in [0.29, 0.717) is 17.7 Å². The Balaban J connectivity index is 1.63. The van der Waals surface area contributed by atoms with Crippen LogP contribution in [0.3, 0.4) is 0 Å². The van der Waals surface area contributed by atoms with Gasteiger partial charge in [0.05, 0.1) is 0 Å². The number of carbonyl (C=O) groups is 1. The smallest absolute Gasteiger partial charge is 0.410 e. The molecule has 0 unspecified atom stereocenters. The number of thioether (sulfide) groups is 1. The molecule has 6 nitrogen and oxygen atoms in total. The number of likely N-dealkylation sites (tertiary alicyclic amines) is 1. The van der Waals surface area contributed by atoms with Gasteiger partial charge in [0.15, 0.2) is 0 Å². The van der Waals surface area contributed by atoms with Gasteiger partial charge in [-0.25, -0.2) is 4.79 Å². The zero-order valence-electron chi connectivity index (χ0n) is 14.8. The van der Waals surface area contributed by atoms with Crippen LogP contribution in [0.5, 0.6) is 0 Å². The van der Waals surface area contributed by atoms with Crippen LogP contribution in [0.25, 0.3) is 0 Å². The maximum absolute atomic E-state index is 12.4. The third-order valence-corrected chi connectivity index (χ3v) is 4.68. The van der Waals surface area contributed by atoms with Crippen LogP contribution in [0, 0.1) is 0 Å². The molecule has 1 fully saturated rings. The van der Waals surface area contributed by atoms with E-state index in [1.54, 1.807) is 4.90 Å². The second-order valence-electron chi connectivity index (χ2n) is 7.01. The Morgan fingerprint density at radius 1 is 1.32 bits per heavy atom. The summed E-state index contributed by atoms with van der Waals surface area (Å²) in [5.74, 6) is 1.25. The van der Waals surface area contributed by atoms with Crippen molar-refractivity contribution in [3.8, 4) is 0 Å². The van der Waals surface area contributed by atoms with Crippen LogP contribution >= 0.6 is 11.8 Å². The Bertz CT molecular complexity index is 712. The molecule has 0 aliphatic carbocycles. The van der Waals surface area contributed by atoms with Crippen molar-refractivity contribution < 1.29 is 13.9 Å². The average molecular weight is 361 g/mol. The molecule has 3 rings (SSSR count). The van der Waals surface area contributed by atoms with Gasteiger partial charge in [-0.15, -0.1) is 10.2 Å². The Hall–Kier alpha value is -2.02. The first kappa shape index (κ1) is 17.8. The van der Waals surface area contributed by atoms with Gasteiger partial charge in [-0.05, 0) is 39.2 Å². The lowest BCUT2D eigenvalue weighted by molar-refractivity contribution is 0.0201. The summed E-state index contributed by atoms with van der Waals surface area (Å²) in [5, 5.41) is 8.79. The van der Waals surface area contributed by atoms with Gasteiger partial charge in [-0.3, -0.25) is 4.90 Å². The van der Waals surface area contributed by atoms with E-state index in [-0.39, 0.29) is 12.1 Å². The summed E-state index contributed by atoms with van der Waals surface area (Å²) in [7, 11) is 0. The van der Waals surface area contributed by atoms with Crippen LogP contribution in [-0.4, -0.2) is 33.3 Å². The number of nitrogens with zero attached hydrogens (tertiary/aromatic N) is 3. The number of benzene rings is 1. The third-order valence-electron chi connectivity index (χ3n) is 3.79. The van der Waals surface area contributed by atoms with Gasteiger partial charge in [0, 0.05) is 12.3 Å². The summed E-state index contributed by atoms with van der Waals surface area (Å²) in [6.07, 6.45) is 1.38. The van der Waals surface area contributed by atoms with E-state index in [2.05, 4.69) is 22.3 Å². The minimum absolute atomic E-state index is 0.201. The number of carbonyl (C=O) groups excluding carboxylic acids is 1. The summed E-state index contributed by atoms with van der Waals surface area (Å²) in [6.45, 7) is 6.23. The Morgan fingerprint density at radius 3 is 2.80 bits per heavy atom. The molecule has 1 aliphatic rings. The van der Waals surface area contributed by atoms with Crippen LogP contribution in [0.4, 0.5) is 4.79 Å². The van der Waals surface area contributed by atoms with Crippen LogP contribution in [-0.2, 0) is 10.5 Å². The normalized spacial score (nSPS) is 17.7. The second-order valence-corrected chi connectivity index (χ2v) is 7.94. The van der Waals surface area contributed by atoms with Crippen molar-refractivity contribution in [3.63, 3.8) is 0 Å². The topological polar surface area (TPSA) is 68.5 Å². The first-order chi connectivity index (χ1) is 11.9. The summed E-state index contributed by atoms with van der Waals surface area (Å²) < 4.78 is 11.3. The number of aromatic nitrogens is 2. The van der Waals surface area contributed by atoms with Gasteiger partial charge >= 0.3 is 6.09 Å². The van der Waals surface area contributed by atoms with E-state index < -0.39 is 5.60 Å². The molecule has 0 bridgehead atoms. The highest BCUT2D eigenvalue weighted by molar-refractivity contribution is 7.98. The monoisotopic (exact) mass is 361 g/mol. The number of amides is 1. The van der Waals surface area contributed by atoms with Gasteiger partial charge in [0.2, 0.25) is 5.89 Å². The molecule has 2 heterocycles. The van der Waals surface area contributed by atoms with E-state index in [4.69, 9.17) is 9.15 Å². The standard InChI is InChI=1S/C18H23N3O3S/c1-18(2,3)24-17(22)21-11-7-10-14(21)15-19-20-16(23-15)25-12-13-8-5-4-6-9-13/h4-6,8-9,14H,7,10-12H2,1-3H3/t14-/m0/s1. The van der Waals surface area contributed by atoms with Crippen molar-refractivity contribution in [1.82, 2.24) is 15.1 Å². The van der Waals surface area contributed by atoms with Gasteiger partial charge in [0.1, 0.15) is 11.6 Å². The zero-order chi connectivity index (χ0) is 17.9. The molecule has 7 heteroatoms. The largest absolute Gasteiger partial charge is 0.444 e. The Labute approximate surface area is 151 Å². The fourth-order valence-electron chi connectivity index (χ4n) is 2.70. The fourth-order valence-corrected chi connectivity index (χ4v) is 3.42. The molecule has 1 aliphatic heterocycles. The Kier molecular flexibility index (Phi) is 5.32. The molecule has 1 aromatic heterocycles. The molecule has 0 radical (unpaired) electrons. The summed E-state index contributed by atoms with van der Waals surface area (Å²) in [6, 6.07) is 9.92. The van der Waals surface area contributed by atoms with Crippen molar-refractivity contribution in [1.29, 1.82) is 0 Å². The zero-order valence-corrected chi connectivity index (χ0v) is 15.6. The molecular weight excluding hydrogens is 338 g/mol. The molecule has 1 aromatic carbocycles. The summed E-state index contributed by atoms with van der Waals surface area (Å²) >= 11 is 1.50. The molecule has 2 aromatic rings. The highest BCUT2D eigenvalue weighted by atomic mass is 32.2. The fraction of sp³-hybridized carbons (Fsp3) is 0.500. The van der Waals surface area contributed by atoms with Gasteiger partial charge in [0.25, 0.3) is 5.22 Å². The quantitative estimate of drug-likeness (QED) is 0.750. The molecule has 0 spiro atoms. The maximum atomic E-state index is 12.4. The van der Waals surface area contributed by atoms with Crippen molar-refractivity contribution in [2.75, 3.05) is 6.54 Å². The lowest BCUT2D eigenvalue weighted by atomic mass is 10.2. The number of hydrogen-bond donors (Lipinski definition) is 0. The highest BCUT2D eigenvalue weighted by Gasteiger charge is 2.36. The van der Waals surface area contributed by atoms with Gasteiger partial charge in [-0.2, -0.15) is 0 Å². The van der Waals surface area contributed by atoms with E-state index in [0.717, 1.165) is 18.6 Å². The van der Waals surface area contributed by atoms with E-state index in [1.165, 1.54) is 17.3 Å². The van der Waals surface area contributed by atoms with Crippen LogP contribution < -0.4 is 0 Å². The van der Waals surface area contributed by atoms with Crippen molar-refractivity contribution >= 4 is 17.9 Å². The molecule has 25 heavy (non-hydrogen) atoms. The first-order valence-corrected chi connectivity index (χ1v) is 9.41. The minimum Gasteiger partial charge on any atom is -0.444 e. The van der Waals surface area contributed by atoms with E-state index in [9.17, 15) is 4.79 Å². The molecular formula is C18H23N3O3S. The lowest BCUT2D eigenvalue weighted by Gasteiger charge is -2.27. The van der Waals surface area contributed by atoms with E-state index >= 15 is 0 Å². The summed E-state index contributed by atoms with van der Waals surface area (Å²) in [4.78, 5) is 14.1. The average Bonchev–Trinajstić information content (AvgIpc) is 3.21. The number of ether oxygens (including phenoxy) is 1. The summed E-state index contributed by atoms with van der Waals surface area (Å²) in [5.41, 5.74) is 0.680. The molecule has 1 atom stereocenters. The van der Waals surface area contributed by atoms with Crippen LogP contribution in [0.15, 0.2) is 40.0 Å². The Morgan fingerprint density at radius 2 is 2.08 bits per heavy atom. The second kappa shape index (κ2) is 7.47. The third kappa shape index (κ3) is 4.75. The highest BCUT2D eigenvalue weighted by Crippen LogP contribution is 2.34. The number of rotatable bonds is 4. The van der Waals surface area contributed by atoms with E-state index in [1.807, 2.05) is 39.0 Å². The van der Waals surface area contributed by atoms with Gasteiger partial charge < -0.3 is 9.15 Å². The van der Waals surface area contributed by atoms with Crippen molar-refractivity contribution in [2.45, 2.75) is 56.2 Å². The van der Waals surface area contributed by atoms with Crippen LogP contribution in [0.2, 0.25) is 0 Å². The van der Waals surface area contributed by atoms with Gasteiger partial charge in [-0.1, -0.05) is 42.1 Å². The molecule has 0 N–H and O–H groups in total. The first-order valence-electron chi connectivity index (χ1n) is 8.42. The van der Waals surface area contributed by atoms with Crippen molar-refractivity contribution in [3.05, 3.63) is 41.8 Å². The van der Waals surface area contributed by atoms with Crippen LogP contribution in [0.1, 0.15) is 51.1 Å². The minimum atomic E-state index is -0.518. The molecule has 1 saturated heterocycles. The SMILES string of the molecule is CC(C)(C)OC(=O)N1CCC[C@H]1c1nnc(SCc2ccccc2)o1. The van der Waals surface area contributed by atoms with Crippen molar-refractivity contribution in [2.24, 2.45) is 0 Å². The lowest BCUT2D eigenvalue weighted by Crippen LogP contribution is -2.36. The predicted molar refractivity (Wildman–Crippen MR) is 95.2 cm³/mol. The number of hydrogen-bond acceptors (Lipinski definition) is 6. The molecule has 134 valence electrons. The molecule has 0 saturated carbocycles. The molecule has 1 amide bonds.